The summed E-state index contributed by atoms with van der Waals surface area (Å²) in [5, 5.41) is 8.53. The van der Waals surface area contributed by atoms with Gasteiger partial charge in [0.15, 0.2) is 5.82 Å². The van der Waals surface area contributed by atoms with Crippen LogP contribution in [-0.4, -0.2) is 92.9 Å². The number of pyridine rings is 1. The molecule has 14 heteroatoms. The number of hydrogen-bond acceptors (Lipinski definition) is 10. The van der Waals surface area contributed by atoms with E-state index < -0.39 is 29.3 Å². The molecule has 3 saturated heterocycles. The van der Waals surface area contributed by atoms with Crippen LogP contribution in [0.3, 0.4) is 0 Å². The van der Waals surface area contributed by atoms with Crippen molar-refractivity contribution in [1.29, 1.82) is 0 Å². The van der Waals surface area contributed by atoms with Crippen LogP contribution >= 0.6 is 11.6 Å². The molecule has 0 spiro atoms. The molecule has 1 N–H and O–H groups in total. The van der Waals surface area contributed by atoms with E-state index >= 15 is 4.39 Å². The average molecular weight is 654 g/mol. The number of piperidine rings is 1. The monoisotopic (exact) mass is 653 g/mol. The number of anilines is 1. The molecule has 3 fully saturated rings. The first-order valence-electron chi connectivity index (χ1n) is 15.9. The predicted molar refractivity (Wildman–Crippen MR) is 167 cm³/mol. The number of carbonyl (C=O) groups is 1. The van der Waals surface area contributed by atoms with Crippen molar-refractivity contribution in [2.45, 2.75) is 69.2 Å². The largest absolute Gasteiger partial charge is 0.508 e. The summed E-state index contributed by atoms with van der Waals surface area (Å²) in [6.45, 7) is 4.22. The molecule has 0 radical (unpaired) electrons. The molecule has 0 saturated carbocycles. The number of nitrogens with zero attached hydrogens (tertiary/aromatic N) is 6. The van der Waals surface area contributed by atoms with Gasteiger partial charge in [0.25, 0.3) is 0 Å². The number of alkyl halides is 1. The second-order valence-electron chi connectivity index (χ2n) is 13.2. The minimum atomic E-state index is -0.917. The van der Waals surface area contributed by atoms with E-state index in [0.29, 0.717) is 90.0 Å². The van der Waals surface area contributed by atoms with Crippen LogP contribution in [-0.2, 0) is 15.9 Å². The maximum Gasteiger partial charge on any atom is 0.508 e. The maximum absolute atomic E-state index is 17.0. The smallest absolute Gasteiger partial charge is 0.461 e. The van der Waals surface area contributed by atoms with E-state index in [1.807, 2.05) is 11.8 Å². The summed E-state index contributed by atoms with van der Waals surface area (Å²) in [4.78, 5) is 31.0. The van der Waals surface area contributed by atoms with Crippen LogP contribution in [0.4, 0.5) is 19.4 Å². The van der Waals surface area contributed by atoms with E-state index in [0.717, 1.165) is 19.4 Å². The Morgan fingerprint density at radius 1 is 1.17 bits per heavy atom. The number of ether oxygens (including phenoxy) is 3. The van der Waals surface area contributed by atoms with E-state index in [4.69, 9.17) is 30.8 Å². The lowest BCUT2D eigenvalue weighted by Crippen LogP contribution is -2.49. The maximum atomic E-state index is 17.0. The van der Waals surface area contributed by atoms with Gasteiger partial charge in [-0.25, -0.2) is 13.6 Å². The molecule has 0 aliphatic carbocycles. The van der Waals surface area contributed by atoms with Gasteiger partial charge < -0.3 is 19.1 Å². The fourth-order valence-electron chi connectivity index (χ4n) is 7.87. The minimum absolute atomic E-state index is 0.00409. The molecule has 0 unspecified atom stereocenters. The summed E-state index contributed by atoms with van der Waals surface area (Å²) in [6, 6.07) is 1.74. The first-order chi connectivity index (χ1) is 22.2. The van der Waals surface area contributed by atoms with Gasteiger partial charge in [0.1, 0.15) is 35.4 Å². The molecule has 9 rings (SSSR count). The number of aromatic nitrogens is 5. The quantitative estimate of drug-likeness (QED) is 0.273. The van der Waals surface area contributed by atoms with Crippen LogP contribution in [0, 0.1) is 5.82 Å². The lowest BCUT2D eigenvalue weighted by atomic mass is 9.94. The lowest BCUT2D eigenvalue weighted by Gasteiger charge is -2.40. The third-order valence-electron chi connectivity index (χ3n) is 9.99. The van der Waals surface area contributed by atoms with Crippen LogP contribution in [0.25, 0.3) is 33.1 Å². The van der Waals surface area contributed by atoms with E-state index in [1.54, 1.807) is 18.5 Å². The molecular weight excluding hydrogens is 620 g/mol. The van der Waals surface area contributed by atoms with E-state index in [-0.39, 0.29) is 30.4 Å². The number of benzene rings is 1. The van der Waals surface area contributed by atoms with Crippen molar-refractivity contribution in [3.8, 4) is 17.3 Å². The summed E-state index contributed by atoms with van der Waals surface area (Å²) in [6.07, 6.45) is 5.80. The van der Waals surface area contributed by atoms with Gasteiger partial charge in [-0.15, -0.1) is 0 Å². The average Bonchev–Trinajstić information content (AvgIpc) is 3.72. The van der Waals surface area contributed by atoms with Crippen molar-refractivity contribution in [3.05, 3.63) is 34.9 Å². The summed E-state index contributed by atoms with van der Waals surface area (Å²) in [5.74, 6) is -0.222. The highest BCUT2D eigenvalue weighted by Gasteiger charge is 2.49. The number of rotatable bonds is 3. The third-order valence-corrected chi connectivity index (χ3v) is 10.3. The first kappa shape index (κ1) is 29.6. The van der Waals surface area contributed by atoms with Crippen molar-refractivity contribution in [1.82, 2.24) is 30.0 Å². The highest BCUT2D eigenvalue weighted by Crippen LogP contribution is 2.42. The van der Waals surface area contributed by atoms with Crippen LogP contribution in [0.1, 0.15) is 51.0 Å². The van der Waals surface area contributed by atoms with Gasteiger partial charge in [-0.05, 0) is 63.6 Å². The van der Waals surface area contributed by atoms with Gasteiger partial charge >= 0.3 is 12.2 Å². The molecule has 6 bridgehead atoms. The molecule has 3 atom stereocenters. The zero-order valence-corrected chi connectivity index (χ0v) is 26.2. The number of halogens is 3. The molecule has 1 aromatic carbocycles. The summed E-state index contributed by atoms with van der Waals surface area (Å²) >= 11 is 6.76. The number of H-pyrrole nitrogens is 1. The van der Waals surface area contributed by atoms with Gasteiger partial charge in [-0.2, -0.15) is 15.1 Å². The van der Waals surface area contributed by atoms with Crippen LogP contribution in [0.15, 0.2) is 18.5 Å². The van der Waals surface area contributed by atoms with Crippen molar-refractivity contribution in [2.75, 3.05) is 44.3 Å². The SMILES string of the molecule is C[C@@]12CCCN(C1)c1nc(OC[C@@]34CCCN3C[C@H](F)C4)nc3c(F)c(ncc13)-c1c(c(Cl)cc3[nH]ncc13)CCCOC(=O)O2. The van der Waals surface area contributed by atoms with Crippen LogP contribution < -0.4 is 9.64 Å². The Kier molecular flexibility index (Phi) is 7.16. The van der Waals surface area contributed by atoms with Gasteiger partial charge in [-0.3, -0.25) is 15.0 Å². The highest BCUT2D eigenvalue weighted by molar-refractivity contribution is 6.33. The Morgan fingerprint density at radius 2 is 2.04 bits per heavy atom. The Morgan fingerprint density at radius 3 is 2.93 bits per heavy atom. The number of fused-ring (bicyclic) bond motifs is 8. The normalized spacial score (nSPS) is 26.8. The topological polar surface area (TPSA) is 119 Å². The molecule has 5 aliphatic heterocycles. The van der Waals surface area contributed by atoms with Gasteiger partial charge in [-0.1, -0.05) is 11.6 Å². The van der Waals surface area contributed by atoms with Crippen molar-refractivity contribution >= 4 is 45.4 Å². The second kappa shape index (κ2) is 11.2. The van der Waals surface area contributed by atoms with E-state index in [9.17, 15) is 9.18 Å². The Hall–Kier alpha value is -3.84. The summed E-state index contributed by atoms with van der Waals surface area (Å²) in [7, 11) is 0. The fourth-order valence-corrected chi connectivity index (χ4v) is 8.17. The van der Waals surface area contributed by atoms with Gasteiger partial charge in [0.05, 0.1) is 35.8 Å². The number of carbonyl (C=O) groups excluding carboxylic acids is 1. The van der Waals surface area contributed by atoms with Gasteiger partial charge in [0, 0.05) is 41.7 Å². The Labute approximate surface area is 268 Å². The van der Waals surface area contributed by atoms with Crippen molar-refractivity contribution in [3.63, 3.8) is 0 Å². The van der Waals surface area contributed by atoms with Crippen LogP contribution in [0.2, 0.25) is 5.02 Å². The zero-order valence-electron chi connectivity index (χ0n) is 25.5. The highest BCUT2D eigenvalue weighted by atomic mass is 35.5. The molecule has 46 heavy (non-hydrogen) atoms. The molecular formula is C32H34ClF2N7O4. The van der Waals surface area contributed by atoms with Crippen LogP contribution in [0.5, 0.6) is 6.01 Å². The lowest BCUT2D eigenvalue weighted by molar-refractivity contribution is -0.0323. The molecule has 5 aliphatic rings. The third kappa shape index (κ3) is 4.98. The molecule has 4 aromatic rings. The minimum Gasteiger partial charge on any atom is -0.461 e. The predicted octanol–water partition coefficient (Wildman–Crippen LogP) is 5.77. The fraction of sp³-hybridized carbons (Fsp3) is 0.531. The molecule has 242 valence electrons. The second-order valence-corrected chi connectivity index (χ2v) is 13.6. The Bertz CT molecular complexity index is 1860. The van der Waals surface area contributed by atoms with Crippen molar-refractivity contribution in [2.24, 2.45) is 0 Å². The number of hydrogen-bond donors (Lipinski definition) is 1. The van der Waals surface area contributed by atoms with E-state index in [1.165, 1.54) is 0 Å². The number of aromatic amines is 1. The van der Waals surface area contributed by atoms with Gasteiger partial charge in [0.2, 0.25) is 0 Å². The molecule has 0 amide bonds. The first-order valence-corrected chi connectivity index (χ1v) is 16.2. The molecule has 8 heterocycles. The standard InChI is InChI=1S/C32H34ClF2N7O4/c1-31-6-3-8-41(16-31)28-21-13-36-27(24-19(5-2-10-44-30(43)46-31)22(33)11-23-20(24)14-37-40-23)25(35)26(21)38-29(39-28)45-17-32-7-4-9-42(32)15-18(34)12-32/h11,13-14,18H,2-10,12,15-17H2,1H3,(H,37,40)/t18-,31-,32+/m1/s1. The Balaban J connectivity index is 1.30. The summed E-state index contributed by atoms with van der Waals surface area (Å²) < 4.78 is 49.1. The number of nitrogens with one attached hydrogen (secondary N) is 1. The van der Waals surface area contributed by atoms with E-state index in [2.05, 4.69) is 25.1 Å². The molecule has 11 nitrogen and oxygen atoms in total. The zero-order chi connectivity index (χ0) is 31.6. The van der Waals surface area contributed by atoms with Crippen molar-refractivity contribution < 1.29 is 27.8 Å². The summed E-state index contributed by atoms with van der Waals surface area (Å²) in [5.41, 5.74) is 0.561. The molecule has 3 aromatic heterocycles.